The van der Waals surface area contributed by atoms with E-state index in [2.05, 4.69) is 24.3 Å². The minimum atomic E-state index is -2.92. The summed E-state index contributed by atoms with van der Waals surface area (Å²) in [5.74, 6) is 1.31. The van der Waals surface area contributed by atoms with Crippen molar-refractivity contribution in [3.63, 3.8) is 0 Å². The van der Waals surface area contributed by atoms with Crippen LogP contribution in [0, 0.1) is 11.8 Å². The molecule has 2 aliphatic rings. The van der Waals surface area contributed by atoms with E-state index in [9.17, 15) is 13.2 Å². The molecule has 0 bridgehead atoms. The van der Waals surface area contributed by atoms with Gasteiger partial charge in [-0.15, -0.1) is 0 Å². The van der Waals surface area contributed by atoms with Crippen LogP contribution in [0.5, 0.6) is 0 Å². The Morgan fingerprint density at radius 3 is 2.42 bits per heavy atom. The lowest BCUT2D eigenvalue weighted by Gasteiger charge is -2.33. The number of rotatable bonds is 4. The van der Waals surface area contributed by atoms with Crippen molar-refractivity contribution in [1.82, 2.24) is 4.90 Å². The quantitative estimate of drug-likeness (QED) is 0.840. The van der Waals surface area contributed by atoms with Gasteiger partial charge in [0.05, 0.1) is 11.5 Å². The average Bonchev–Trinajstić information content (AvgIpc) is 2.55. The molecular weight excluding hydrogens is 322 g/mol. The predicted molar refractivity (Wildman–Crippen MR) is 95.4 cm³/mol. The molecule has 0 aromatic heterocycles. The molecule has 132 valence electrons. The molecule has 1 amide bonds. The zero-order chi connectivity index (χ0) is 17.0. The topological polar surface area (TPSA) is 54.5 Å². The summed E-state index contributed by atoms with van der Waals surface area (Å²) in [5.41, 5.74) is 1.37. The Hall–Kier alpha value is -1.36. The van der Waals surface area contributed by atoms with Crippen molar-refractivity contribution >= 4 is 15.7 Å². The molecule has 0 N–H and O–H groups in total. The lowest BCUT2D eigenvalue weighted by atomic mass is 9.89. The molecular formula is C19H27NO3S. The van der Waals surface area contributed by atoms with Crippen molar-refractivity contribution < 1.29 is 13.2 Å². The number of amides is 1. The second-order valence-corrected chi connectivity index (χ2v) is 9.57. The van der Waals surface area contributed by atoms with Crippen LogP contribution in [0.25, 0.3) is 0 Å². The molecule has 2 saturated heterocycles. The SMILES string of the molecule is O=C(CC1CCCS(=O)(=O)C1)N1CCC(Cc2ccccc2)CC1. The lowest BCUT2D eigenvalue weighted by Crippen LogP contribution is -2.40. The molecule has 0 spiro atoms. The van der Waals surface area contributed by atoms with E-state index < -0.39 is 9.84 Å². The highest BCUT2D eigenvalue weighted by Crippen LogP contribution is 2.25. The Kier molecular flexibility index (Phi) is 5.59. The Morgan fingerprint density at radius 1 is 1.04 bits per heavy atom. The van der Waals surface area contributed by atoms with Crippen LogP contribution in [0.2, 0.25) is 0 Å². The molecule has 2 heterocycles. The average molecular weight is 349 g/mol. The molecule has 4 nitrogen and oxygen atoms in total. The first-order valence-electron chi connectivity index (χ1n) is 9.04. The third kappa shape index (κ3) is 4.82. The third-order valence-electron chi connectivity index (χ3n) is 5.36. The van der Waals surface area contributed by atoms with E-state index in [1.54, 1.807) is 0 Å². The van der Waals surface area contributed by atoms with Crippen LogP contribution in [0.15, 0.2) is 30.3 Å². The highest BCUT2D eigenvalue weighted by Gasteiger charge is 2.29. The van der Waals surface area contributed by atoms with Crippen molar-refractivity contribution in [3.05, 3.63) is 35.9 Å². The first-order chi connectivity index (χ1) is 11.5. The second-order valence-electron chi connectivity index (χ2n) is 7.34. The molecule has 3 rings (SSSR count). The van der Waals surface area contributed by atoms with Crippen molar-refractivity contribution in [2.24, 2.45) is 11.8 Å². The molecule has 0 saturated carbocycles. The molecule has 5 heteroatoms. The summed E-state index contributed by atoms with van der Waals surface area (Å²) in [6.07, 6.45) is 5.16. The van der Waals surface area contributed by atoms with E-state index in [0.29, 0.717) is 24.5 Å². The number of hydrogen-bond donors (Lipinski definition) is 0. The van der Waals surface area contributed by atoms with Crippen LogP contribution < -0.4 is 0 Å². The van der Waals surface area contributed by atoms with Crippen molar-refractivity contribution in [2.45, 2.75) is 38.5 Å². The third-order valence-corrected chi connectivity index (χ3v) is 7.25. The van der Waals surface area contributed by atoms with Crippen LogP contribution in [0.3, 0.4) is 0 Å². The molecule has 1 aromatic carbocycles. The first-order valence-corrected chi connectivity index (χ1v) is 10.9. The van der Waals surface area contributed by atoms with Gasteiger partial charge in [-0.25, -0.2) is 8.42 Å². The van der Waals surface area contributed by atoms with Crippen LogP contribution in [-0.2, 0) is 21.1 Å². The zero-order valence-corrected chi connectivity index (χ0v) is 15.0. The maximum atomic E-state index is 12.5. The van der Waals surface area contributed by atoms with E-state index in [0.717, 1.165) is 38.8 Å². The highest BCUT2D eigenvalue weighted by molar-refractivity contribution is 7.91. The number of carbonyl (C=O) groups excluding carboxylic acids is 1. The zero-order valence-electron chi connectivity index (χ0n) is 14.2. The summed E-state index contributed by atoms with van der Waals surface area (Å²) in [6, 6.07) is 10.5. The number of sulfone groups is 1. The van der Waals surface area contributed by atoms with E-state index in [1.165, 1.54) is 5.56 Å². The minimum absolute atomic E-state index is 0.0262. The summed E-state index contributed by atoms with van der Waals surface area (Å²) in [7, 11) is -2.92. The Labute approximate surface area is 145 Å². The fourth-order valence-electron chi connectivity index (χ4n) is 3.99. The summed E-state index contributed by atoms with van der Waals surface area (Å²) in [5, 5.41) is 0. The predicted octanol–water partition coefficient (Wildman–Crippen LogP) is 2.68. The van der Waals surface area contributed by atoms with Gasteiger partial charge in [0.15, 0.2) is 9.84 Å². The fraction of sp³-hybridized carbons (Fsp3) is 0.632. The molecule has 2 aliphatic heterocycles. The number of hydrogen-bond acceptors (Lipinski definition) is 3. The largest absolute Gasteiger partial charge is 0.343 e. The standard InChI is InChI=1S/C19H27NO3S/c21-19(14-18-7-4-12-24(22,23)15-18)20-10-8-17(9-11-20)13-16-5-2-1-3-6-16/h1-3,5-6,17-18H,4,7-15H2. The molecule has 1 atom stereocenters. The summed E-state index contributed by atoms with van der Waals surface area (Å²) < 4.78 is 23.4. The van der Waals surface area contributed by atoms with Crippen molar-refractivity contribution in [2.75, 3.05) is 24.6 Å². The van der Waals surface area contributed by atoms with E-state index >= 15 is 0 Å². The van der Waals surface area contributed by atoms with Crippen LogP contribution in [0.4, 0.5) is 0 Å². The van der Waals surface area contributed by atoms with Crippen molar-refractivity contribution in [3.8, 4) is 0 Å². The normalized spacial score (nSPS) is 24.7. The molecule has 24 heavy (non-hydrogen) atoms. The van der Waals surface area contributed by atoms with Gasteiger partial charge in [-0.2, -0.15) is 0 Å². The Morgan fingerprint density at radius 2 is 1.75 bits per heavy atom. The molecule has 0 aliphatic carbocycles. The van der Waals surface area contributed by atoms with Crippen LogP contribution in [-0.4, -0.2) is 43.8 Å². The number of carbonyl (C=O) groups is 1. The Balaban J connectivity index is 1.45. The fourth-order valence-corrected chi connectivity index (χ4v) is 5.76. The summed E-state index contributed by atoms with van der Waals surface area (Å²) in [4.78, 5) is 14.4. The molecule has 0 radical (unpaired) electrons. The maximum absolute atomic E-state index is 12.5. The second kappa shape index (κ2) is 7.68. The van der Waals surface area contributed by atoms with Gasteiger partial charge >= 0.3 is 0 Å². The van der Waals surface area contributed by atoms with Crippen molar-refractivity contribution in [1.29, 1.82) is 0 Å². The summed E-state index contributed by atoms with van der Waals surface area (Å²) in [6.45, 7) is 1.63. The van der Waals surface area contributed by atoms with Gasteiger partial charge in [0.25, 0.3) is 0 Å². The lowest BCUT2D eigenvalue weighted by molar-refractivity contribution is -0.133. The number of nitrogens with zero attached hydrogens (tertiary/aromatic N) is 1. The maximum Gasteiger partial charge on any atom is 0.222 e. The summed E-state index contributed by atoms with van der Waals surface area (Å²) >= 11 is 0. The molecule has 2 fully saturated rings. The van der Waals surface area contributed by atoms with Gasteiger partial charge in [0, 0.05) is 19.5 Å². The molecule has 1 aromatic rings. The molecule has 1 unspecified atom stereocenters. The van der Waals surface area contributed by atoms with Gasteiger partial charge in [-0.3, -0.25) is 4.79 Å². The first kappa shape index (κ1) is 17.5. The monoisotopic (exact) mass is 349 g/mol. The number of piperidine rings is 1. The van der Waals surface area contributed by atoms with Gasteiger partial charge in [0.1, 0.15) is 0 Å². The van der Waals surface area contributed by atoms with Gasteiger partial charge < -0.3 is 4.90 Å². The minimum Gasteiger partial charge on any atom is -0.343 e. The van der Waals surface area contributed by atoms with Gasteiger partial charge in [0.2, 0.25) is 5.91 Å². The smallest absolute Gasteiger partial charge is 0.222 e. The van der Waals surface area contributed by atoms with E-state index in [-0.39, 0.29) is 17.6 Å². The van der Waals surface area contributed by atoms with E-state index in [4.69, 9.17) is 0 Å². The Bertz CT molecular complexity index is 648. The highest BCUT2D eigenvalue weighted by atomic mass is 32.2. The number of likely N-dealkylation sites (tertiary alicyclic amines) is 1. The number of benzene rings is 1. The van der Waals surface area contributed by atoms with E-state index in [1.807, 2.05) is 11.0 Å². The van der Waals surface area contributed by atoms with Crippen LogP contribution >= 0.6 is 0 Å². The van der Waals surface area contributed by atoms with Gasteiger partial charge in [-0.1, -0.05) is 30.3 Å². The van der Waals surface area contributed by atoms with Crippen LogP contribution in [0.1, 0.15) is 37.7 Å². The van der Waals surface area contributed by atoms with Gasteiger partial charge in [-0.05, 0) is 49.5 Å².